The number of benzene rings is 1. The van der Waals surface area contributed by atoms with Crippen LogP contribution in [-0.2, 0) is 0 Å². The van der Waals surface area contributed by atoms with Crippen molar-refractivity contribution in [2.45, 2.75) is 51.4 Å². The van der Waals surface area contributed by atoms with Crippen molar-refractivity contribution in [3.63, 3.8) is 0 Å². The van der Waals surface area contributed by atoms with Gasteiger partial charge >= 0.3 is 0 Å². The lowest BCUT2D eigenvalue weighted by molar-refractivity contribution is 0.133. The Bertz CT molecular complexity index is 614. The molecule has 1 nitrogen and oxygen atoms in total. The maximum atomic E-state index is 14.3. The molecule has 2 saturated carbocycles. The molecule has 2 aliphatic rings. The van der Waals surface area contributed by atoms with Gasteiger partial charge in [0.25, 0.3) is 0 Å². The molecule has 1 aromatic carbocycles. The van der Waals surface area contributed by atoms with Gasteiger partial charge in [-0.25, -0.2) is 8.78 Å². The molecule has 25 heavy (non-hydrogen) atoms. The van der Waals surface area contributed by atoms with Crippen LogP contribution in [0.5, 0.6) is 5.75 Å². The fourth-order valence-corrected chi connectivity index (χ4v) is 4.62. The fourth-order valence-electron chi connectivity index (χ4n) is 4.62. The van der Waals surface area contributed by atoms with Gasteiger partial charge in [-0.2, -0.15) is 0 Å². The first-order valence-corrected chi connectivity index (χ1v) is 9.47. The number of hydrogen-bond acceptors (Lipinski definition) is 1. The van der Waals surface area contributed by atoms with Crippen molar-refractivity contribution in [1.29, 1.82) is 0 Å². The summed E-state index contributed by atoms with van der Waals surface area (Å²) >= 11 is 0. The van der Waals surface area contributed by atoms with Gasteiger partial charge in [0.15, 0.2) is 17.4 Å². The summed E-state index contributed by atoms with van der Waals surface area (Å²) in [6, 6.07) is 2.96. The summed E-state index contributed by atoms with van der Waals surface area (Å²) in [5, 5.41) is 0. The summed E-state index contributed by atoms with van der Waals surface area (Å²) in [6.45, 7) is 5.97. The molecule has 0 saturated heterocycles. The van der Waals surface area contributed by atoms with Gasteiger partial charge in [-0.05, 0) is 86.8 Å². The van der Waals surface area contributed by atoms with Crippen molar-refractivity contribution in [3.05, 3.63) is 54.1 Å². The standard InChI is InChI=1S/C22H28F2O/c1-3-5-10-25-22-20(23)13-19(14-21(22)24)18-9-8-16-11-15(4-2)6-7-17(16)12-18/h3-5,13-18H,2,6-12H2,1H3. The second-order valence-corrected chi connectivity index (χ2v) is 7.53. The molecule has 136 valence electrons. The highest BCUT2D eigenvalue weighted by atomic mass is 19.1. The van der Waals surface area contributed by atoms with Crippen LogP contribution in [0.25, 0.3) is 0 Å². The first-order valence-electron chi connectivity index (χ1n) is 9.47. The Balaban J connectivity index is 1.69. The van der Waals surface area contributed by atoms with Gasteiger partial charge in [0.1, 0.15) is 6.61 Å². The molecule has 2 fully saturated rings. The van der Waals surface area contributed by atoms with Gasteiger partial charge < -0.3 is 4.74 Å². The molecule has 2 aliphatic carbocycles. The van der Waals surface area contributed by atoms with Crippen LogP contribution in [0.3, 0.4) is 0 Å². The van der Waals surface area contributed by atoms with Crippen LogP contribution in [0.1, 0.15) is 56.9 Å². The van der Waals surface area contributed by atoms with Crippen LogP contribution in [0.4, 0.5) is 8.78 Å². The summed E-state index contributed by atoms with van der Waals surface area (Å²) in [5.41, 5.74) is 0.790. The molecule has 0 N–H and O–H groups in total. The Labute approximate surface area is 149 Å². The van der Waals surface area contributed by atoms with Gasteiger partial charge in [0, 0.05) is 0 Å². The summed E-state index contributed by atoms with van der Waals surface area (Å²) < 4.78 is 33.9. The Kier molecular flexibility index (Phi) is 5.93. The first-order chi connectivity index (χ1) is 12.1. The Hall–Kier alpha value is -1.64. The summed E-state index contributed by atoms with van der Waals surface area (Å²) in [7, 11) is 0. The van der Waals surface area contributed by atoms with Crippen LogP contribution < -0.4 is 4.74 Å². The molecule has 3 rings (SSSR count). The molecule has 0 heterocycles. The molecule has 0 radical (unpaired) electrons. The van der Waals surface area contributed by atoms with Crippen molar-refractivity contribution >= 4 is 0 Å². The molecule has 0 aromatic heterocycles. The summed E-state index contributed by atoms with van der Waals surface area (Å²) in [5.74, 6) is 0.922. The Morgan fingerprint density at radius 3 is 2.44 bits per heavy atom. The normalized spacial score (nSPS) is 29.4. The number of ether oxygens (including phenoxy) is 1. The van der Waals surface area contributed by atoms with E-state index in [0.29, 0.717) is 11.8 Å². The fraction of sp³-hybridized carbons (Fsp3) is 0.545. The minimum Gasteiger partial charge on any atom is -0.483 e. The molecule has 0 aliphatic heterocycles. The molecular formula is C22H28F2O. The lowest BCUT2D eigenvalue weighted by Crippen LogP contribution is -2.30. The second-order valence-electron chi connectivity index (χ2n) is 7.53. The average Bonchev–Trinajstić information content (AvgIpc) is 2.63. The second kappa shape index (κ2) is 8.16. The Morgan fingerprint density at radius 1 is 1.08 bits per heavy atom. The quantitative estimate of drug-likeness (QED) is 0.560. The molecule has 1 aromatic rings. The predicted octanol–water partition coefficient (Wildman–Crippen LogP) is 6.41. The minimum atomic E-state index is -0.586. The van der Waals surface area contributed by atoms with E-state index in [1.54, 1.807) is 12.2 Å². The minimum absolute atomic E-state index is 0.182. The maximum Gasteiger partial charge on any atom is 0.191 e. The lowest BCUT2D eigenvalue weighted by atomic mass is 9.64. The van der Waals surface area contributed by atoms with Crippen LogP contribution in [-0.4, -0.2) is 6.61 Å². The van der Waals surface area contributed by atoms with Gasteiger partial charge in [-0.3, -0.25) is 0 Å². The largest absolute Gasteiger partial charge is 0.483 e. The van der Waals surface area contributed by atoms with Crippen molar-refractivity contribution in [2.75, 3.05) is 6.61 Å². The highest BCUT2D eigenvalue weighted by Crippen LogP contribution is 2.48. The third-order valence-corrected chi connectivity index (χ3v) is 6.04. The van der Waals surface area contributed by atoms with E-state index >= 15 is 0 Å². The number of halogens is 2. The van der Waals surface area contributed by atoms with Crippen molar-refractivity contribution in [2.24, 2.45) is 17.8 Å². The van der Waals surface area contributed by atoms with Crippen molar-refractivity contribution in [1.82, 2.24) is 0 Å². The molecule has 3 heteroatoms. The van der Waals surface area contributed by atoms with E-state index in [2.05, 4.69) is 12.7 Å². The summed E-state index contributed by atoms with van der Waals surface area (Å²) in [6.07, 6.45) is 12.5. The molecule has 4 unspecified atom stereocenters. The predicted molar refractivity (Wildman–Crippen MR) is 97.8 cm³/mol. The smallest absolute Gasteiger partial charge is 0.191 e. The molecule has 4 atom stereocenters. The zero-order chi connectivity index (χ0) is 17.8. The molecular weight excluding hydrogens is 318 g/mol. The van der Waals surface area contributed by atoms with Crippen LogP contribution in [0.15, 0.2) is 36.9 Å². The number of fused-ring (bicyclic) bond motifs is 1. The van der Waals surface area contributed by atoms with Crippen LogP contribution >= 0.6 is 0 Å². The SMILES string of the molecule is C=CC1CCC2CC(c3cc(F)c(OCC=CC)c(F)c3)CCC2C1. The van der Waals surface area contributed by atoms with Crippen LogP contribution in [0, 0.1) is 29.4 Å². The number of hydrogen-bond donors (Lipinski definition) is 0. The van der Waals surface area contributed by atoms with E-state index in [1.165, 1.54) is 31.4 Å². The third-order valence-electron chi connectivity index (χ3n) is 6.04. The summed E-state index contributed by atoms with van der Waals surface area (Å²) in [4.78, 5) is 0. The maximum absolute atomic E-state index is 14.3. The molecule has 0 amide bonds. The highest BCUT2D eigenvalue weighted by Gasteiger charge is 2.35. The monoisotopic (exact) mass is 346 g/mol. The first kappa shape index (κ1) is 18.2. The molecule has 0 spiro atoms. The molecule has 0 bridgehead atoms. The third kappa shape index (κ3) is 4.13. The van der Waals surface area contributed by atoms with E-state index in [-0.39, 0.29) is 18.3 Å². The van der Waals surface area contributed by atoms with Gasteiger partial charge in [0.05, 0.1) is 0 Å². The van der Waals surface area contributed by atoms with Crippen molar-refractivity contribution in [3.8, 4) is 5.75 Å². The van der Waals surface area contributed by atoms with Gasteiger partial charge in [-0.15, -0.1) is 6.58 Å². The van der Waals surface area contributed by atoms with Crippen LogP contribution in [0.2, 0.25) is 0 Å². The number of rotatable bonds is 5. The van der Waals surface area contributed by atoms with Gasteiger partial charge in [-0.1, -0.05) is 18.2 Å². The van der Waals surface area contributed by atoms with Gasteiger partial charge in [0.2, 0.25) is 0 Å². The van der Waals surface area contributed by atoms with Crippen molar-refractivity contribution < 1.29 is 13.5 Å². The van der Waals surface area contributed by atoms with E-state index in [1.807, 2.05) is 6.92 Å². The highest BCUT2D eigenvalue weighted by molar-refractivity contribution is 5.33. The topological polar surface area (TPSA) is 9.23 Å². The average molecular weight is 346 g/mol. The van der Waals surface area contributed by atoms with E-state index in [0.717, 1.165) is 30.7 Å². The zero-order valence-electron chi connectivity index (χ0n) is 15.0. The zero-order valence-corrected chi connectivity index (χ0v) is 15.0. The lowest BCUT2D eigenvalue weighted by Gasteiger charge is -2.41. The Morgan fingerprint density at radius 2 is 1.76 bits per heavy atom. The number of allylic oxidation sites excluding steroid dienone is 2. The van der Waals surface area contributed by atoms with E-state index in [4.69, 9.17) is 4.74 Å². The van der Waals surface area contributed by atoms with E-state index < -0.39 is 11.6 Å². The van der Waals surface area contributed by atoms with E-state index in [9.17, 15) is 8.78 Å².